The van der Waals surface area contributed by atoms with Gasteiger partial charge in [0.2, 0.25) is 0 Å². The zero-order chi connectivity index (χ0) is 15.1. The maximum Gasteiger partial charge on any atom is 0.251 e. The Morgan fingerprint density at radius 2 is 2.19 bits per heavy atom. The lowest BCUT2D eigenvalue weighted by Crippen LogP contribution is -2.39. The molecule has 6 heteroatoms. The second kappa shape index (κ2) is 8.61. The highest BCUT2D eigenvalue weighted by molar-refractivity contribution is 7.99. The summed E-state index contributed by atoms with van der Waals surface area (Å²) < 4.78 is 0. The summed E-state index contributed by atoms with van der Waals surface area (Å²) in [6.45, 7) is 5.89. The third-order valence-electron chi connectivity index (χ3n) is 3.43. The SMILES string of the molecule is CCCc1cc(C(=O)NCCN2CCSCC2)cc(Cl)n1. The van der Waals surface area contributed by atoms with E-state index in [-0.39, 0.29) is 5.91 Å². The Bertz CT molecular complexity index is 478. The molecular formula is C15H22ClN3OS. The van der Waals surface area contributed by atoms with Gasteiger partial charge in [-0.1, -0.05) is 24.9 Å². The number of thioether (sulfide) groups is 1. The van der Waals surface area contributed by atoms with Crippen molar-refractivity contribution in [3.05, 3.63) is 28.5 Å². The van der Waals surface area contributed by atoms with Crippen molar-refractivity contribution in [2.45, 2.75) is 19.8 Å². The lowest BCUT2D eigenvalue weighted by molar-refractivity contribution is 0.0948. The van der Waals surface area contributed by atoms with Gasteiger partial charge in [-0.25, -0.2) is 4.98 Å². The van der Waals surface area contributed by atoms with Crippen LogP contribution in [0.2, 0.25) is 5.15 Å². The molecule has 116 valence electrons. The molecule has 2 rings (SSSR count). The number of amides is 1. The molecule has 0 spiro atoms. The second-order valence-electron chi connectivity index (χ2n) is 5.13. The van der Waals surface area contributed by atoms with Gasteiger partial charge < -0.3 is 5.32 Å². The van der Waals surface area contributed by atoms with E-state index in [1.807, 2.05) is 17.8 Å². The van der Waals surface area contributed by atoms with E-state index in [1.54, 1.807) is 6.07 Å². The summed E-state index contributed by atoms with van der Waals surface area (Å²) in [5.74, 6) is 2.31. The van der Waals surface area contributed by atoms with E-state index in [4.69, 9.17) is 11.6 Å². The first-order valence-corrected chi connectivity index (χ1v) is 8.97. The fourth-order valence-corrected chi connectivity index (χ4v) is 3.53. The van der Waals surface area contributed by atoms with Crippen LogP contribution in [0.4, 0.5) is 0 Å². The quantitative estimate of drug-likeness (QED) is 0.815. The van der Waals surface area contributed by atoms with E-state index in [9.17, 15) is 4.79 Å². The number of rotatable bonds is 6. The Hall–Kier alpha value is -0.780. The Balaban J connectivity index is 1.84. The van der Waals surface area contributed by atoms with Gasteiger partial charge in [-0.3, -0.25) is 9.69 Å². The maximum absolute atomic E-state index is 12.2. The van der Waals surface area contributed by atoms with Crippen LogP contribution in [0.3, 0.4) is 0 Å². The number of hydrogen-bond acceptors (Lipinski definition) is 4. The van der Waals surface area contributed by atoms with E-state index >= 15 is 0 Å². The van der Waals surface area contributed by atoms with Crippen LogP contribution in [0.25, 0.3) is 0 Å². The van der Waals surface area contributed by atoms with Crippen molar-refractivity contribution in [1.29, 1.82) is 0 Å². The predicted octanol–water partition coefficient (Wildman–Crippen LogP) is 2.47. The molecule has 2 heterocycles. The Morgan fingerprint density at radius 1 is 1.43 bits per heavy atom. The molecule has 0 atom stereocenters. The molecule has 4 nitrogen and oxygen atoms in total. The first-order chi connectivity index (χ1) is 10.2. The zero-order valence-electron chi connectivity index (χ0n) is 12.4. The van der Waals surface area contributed by atoms with Gasteiger partial charge in [-0.15, -0.1) is 0 Å². The third-order valence-corrected chi connectivity index (χ3v) is 4.57. The summed E-state index contributed by atoms with van der Waals surface area (Å²) in [7, 11) is 0. The molecular weight excluding hydrogens is 306 g/mol. The average molecular weight is 328 g/mol. The number of hydrogen-bond donors (Lipinski definition) is 1. The number of carbonyl (C=O) groups excluding carboxylic acids is 1. The minimum atomic E-state index is -0.0666. The lowest BCUT2D eigenvalue weighted by Gasteiger charge is -2.26. The minimum absolute atomic E-state index is 0.0666. The number of halogens is 1. The molecule has 1 aliphatic rings. The van der Waals surface area contributed by atoms with Crippen LogP contribution < -0.4 is 5.32 Å². The summed E-state index contributed by atoms with van der Waals surface area (Å²) in [6, 6.07) is 3.47. The number of aryl methyl sites for hydroxylation is 1. The summed E-state index contributed by atoms with van der Waals surface area (Å²) in [6.07, 6.45) is 1.83. The summed E-state index contributed by atoms with van der Waals surface area (Å²) in [5, 5.41) is 3.36. The maximum atomic E-state index is 12.2. The Labute approximate surface area is 135 Å². The Kier molecular flexibility index (Phi) is 6.80. The number of pyridine rings is 1. The fourth-order valence-electron chi connectivity index (χ4n) is 2.32. The van der Waals surface area contributed by atoms with Crippen LogP contribution in [0.15, 0.2) is 12.1 Å². The Morgan fingerprint density at radius 3 is 2.90 bits per heavy atom. The van der Waals surface area contributed by atoms with Gasteiger partial charge in [-0.05, 0) is 18.6 Å². The molecule has 0 saturated carbocycles. The predicted molar refractivity (Wildman–Crippen MR) is 89.3 cm³/mol. The molecule has 1 aliphatic heterocycles. The van der Waals surface area contributed by atoms with Crippen molar-refractivity contribution in [3.63, 3.8) is 0 Å². The molecule has 0 aromatic carbocycles. The van der Waals surface area contributed by atoms with Gasteiger partial charge in [0.25, 0.3) is 5.91 Å². The highest BCUT2D eigenvalue weighted by Gasteiger charge is 2.12. The van der Waals surface area contributed by atoms with Crippen LogP contribution in [0, 0.1) is 0 Å². The van der Waals surface area contributed by atoms with E-state index in [1.165, 1.54) is 11.5 Å². The lowest BCUT2D eigenvalue weighted by atomic mass is 10.1. The first kappa shape index (κ1) is 16.6. The number of nitrogens with zero attached hydrogens (tertiary/aromatic N) is 2. The topological polar surface area (TPSA) is 45.2 Å². The smallest absolute Gasteiger partial charge is 0.251 e. The van der Waals surface area contributed by atoms with E-state index in [0.29, 0.717) is 17.3 Å². The summed E-state index contributed by atoms with van der Waals surface area (Å²) in [4.78, 5) is 18.8. The van der Waals surface area contributed by atoms with Gasteiger partial charge in [0, 0.05) is 48.9 Å². The molecule has 1 amide bonds. The van der Waals surface area contributed by atoms with Gasteiger partial charge in [0.05, 0.1) is 0 Å². The average Bonchev–Trinajstić information content (AvgIpc) is 2.48. The van der Waals surface area contributed by atoms with Gasteiger partial charge >= 0.3 is 0 Å². The molecule has 1 aromatic heterocycles. The van der Waals surface area contributed by atoms with Crippen LogP contribution in [-0.4, -0.2) is 53.5 Å². The largest absolute Gasteiger partial charge is 0.351 e. The van der Waals surface area contributed by atoms with Crippen molar-refractivity contribution < 1.29 is 4.79 Å². The monoisotopic (exact) mass is 327 g/mol. The molecule has 1 fully saturated rings. The van der Waals surface area contributed by atoms with Crippen LogP contribution in [0.1, 0.15) is 29.4 Å². The van der Waals surface area contributed by atoms with Gasteiger partial charge in [-0.2, -0.15) is 11.8 Å². The third kappa shape index (κ3) is 5.49. The summed E-state index contributed by atoms with van der Waals surface area (Å²) in [5.41, 5.74) is 1.48. The number of nitrogens with one attached hydrogen (secondary N) is 1. The highest BCUT2D eigenvalue weighted by Crippen LogP contribution is 2.12. The van der Waals surface area contributed by atoms with Gasteiger partial charge in [0.1, 0.15) is 5.15 Å². The number of aromatic nitrogens is 1. The number of carbonyl (C=O) groups is 1. The normalized spacial score (nSPS) is 15.9. The first-order valence-electron chi connectivity index (χ1n) is 7.44. The molecule has 1 aromatic rings. The molecule has 1 saturated heterocycles. The molecule has 1 N–H and O–H groups in total. The molecule has 0 bridgehead atoms. The summed E-state index contributed by atoms with van der Waals surface area (Å²) >= 11 is 7.98. The van der Waals surface area contributed by atoms with E-state index < -0.39 is 0 Å². The van der Waals surface area contributed by atoms with Crippen LogP contribution >= 0.6 is 23.4 Å². The van der Waals surface area contributed by atoms with Crippen molar-refractivity contribution in [3.8, 4) is 0 Å². The highest BCUT2D eigenvalue weighted by atomic mass is 35.5. The van der Waals surface area contributed by atoms with Crippen molar-refractivity contribution in [2.75, 3.05) is 37.7 Å². The zero-order valence-corrected chi connectivity index (χ0v) is 14.0. The molecule has 21 heavy (non-hydrogen) atoms. The molecule has 0 radical (unpaired) electrons. The standard InChI is InChI=1S/C15H22ClN3OS/c1-2-3-13-10-12(11-14(16)18-13)15(20)17-4-5-19-6-8-21-9-7-19/h10-11H,2-9H2,1H3,(H,17,20). The van der Waals surface area contributed by atoms with Gasteiger partial charge in [0.15, 0.2) is 0 Å². The van der Waals surface area contributed by atoms with E-state index in [2.05, 4.69) is 22.1 Å². The molecule has 0 aliphatic carbocycles. The van der Waals surface area contributed by atoms with Crippen LogP contribution in [-0.2, 0) is 6.42 Å². The molecule has 0 unspecified atom stereocenters. The van der Waals surface area contributed by atoms with Crippen molar-refractivity contribution in [2.24, 2.45) is 0 Å². The van der Waals surface area contributed by atoms with E-state index in [0.717, 1.165) is 38.2 Å². The minimum Gasteiger partial charge on any atom is -0.351 e. The van der Waals surface area contributed by atoms with Crippen LogP contribution in [0.5, 0.6) is 0 Å². The van der Waals surface area contributed by atoms with Crippen molar-refractivity contribution >= 4 is 29.3 Å². The van der Waals surface area contributed by atoms with Crippen molar-refractivity contribution in [1.82, 2.24) is 15.2 Å². The fraction of sp³-hybridized carbons (Fsp3) is 0.600. The second-order valence-corrected chi connectivity index (χ2v) is 6.74.